The zero-order valence-electron chi connectivity index (χ0n) is 21.4. The number of nitrogens with one attached hydrogen (secondary N) is 1. The second-order valence-electron chi connectivity index (χ2n) is 9.33. The summed E-state index contributed by atoms with van der Waals surface area (Å²) in [4.78, 5) is 42.1. The molecule has 3 aromatic carbocycles. The summed E-state index contributed by atoms with van der Waals surface area (Å²) in [6.45, 7) is 0.648. The smallest absolute Gasteiger partial charge is 0.307 e. The Morgan fingerprint density at radius 2 is 1.85 bits per heavy atom. The zero-order valence-corrected chi connectivity index (χ0v) is 22.2. The van der Waals surface area contributed by atoms with E-state index in [2.05, 4.69) is 10.3 Å². The normalized spacial score (nSPS) is 14.6. The minimum absolute atomic E-state index is 0.0952. The van der Waals surface area contributed by atoms with Crippen molar-refractivity contribution in [2.24, 2.45) is 5.73 Å². The predicted molar refractivity (Wildman–Crippen MR) is 152 cm³/mol. The first-order valence-corrected chi connectivity index (χ1v) is 13.6. The van der Waals surface area contributed by atoms with E-state index in [4.69, 9.17) is 10.5 Å². The van der Waals surface area contributed by atoms with E-state index in [9.17, 15) is 18.8 Å². The van der Waals surface area contributed by atoms with E-state index >= 15 is 0 Å². The monoisotopic (exact) mass is 555 g/mol. The summed E-state index contributed by atoms with van der Waals surface area (Å²) in [6.07, 6.45) is 2.84. The van der Waals surface area contributed by atoms with Crippen LogP contribution in [0.1, 0.15) is 38.3 Å². The van der Waals surface area contributed by atoms with Crippen molar-refractivity contribution in [1.82, 2.24) is 4.98 Å². The number of thioether (sulfide) groups is 1. The average Bonchev–Trinajstić information content (AvgIpc) is 3.39. The van der Waals surface area contributed by atoms with Crippen molar-refractivity contribution in [2.45, 2.75) is 29.5 Å². The van der Waals surface area contributed by atoms with E-state index in [0.717, 1.165) is 27.8 Å². The number of carbonyl (C=O) groups is 3. The first kappa shape index (κ1) is 27.2. The van der Waals surface area contributed by atoms with Crippen LogP contribution in [-0.2, 0) is 22.5 Å². The van der Waals surface area contributed by atoms with Gasteiger partial charge in [-0.3, -0.25) is 19.4 Å². The minimum Gasteiger partial charge on any atom is -0.464 e. The molecular formula is C31H26FN3O4S. The van der Waals surface area contributed by atoms with Crippen molar-refractivity contribution in [1.29, 1.82) is 0 Å². The third kappa shape index (κ3) is 6.44. The number of benzene rings is 3. The maximum absolute atomic E-state index is 14.0. The molecule has 0 bridgehead atoms. The Labute approximate surface area is 235 Å². The van der Waals surface area contributed by atoms with Gasteiger partial charge in [-0.2, -0.15) is 0 Å². The predicted octanol–water partition coefficient (Wildman–Crippen LogP) is 5.43. The SMILES string of the molecule is NCc1ccc(C(=O)Cc2ccncc2F)cc1-c1cccc(C(=O)Nc2ccc(SC3COC(=O)C3)cc2)c1. The molecule has 0 aliphatic carbocycles. The van der Waals surface area contributed by atoms with Gasteiger partial charge in [0.2, 0.25) is 0 Å². The number of hydrogen-bond donors (Lipinski definition) is 2. The molecular weight excluding hydrogens is 529 g/mol. The summed E-state index contributed by atoms with van der Waals surface area (Å²) in [7, 11) is 0. The van der Waals surface area contributed by atoms with E-state index in [-0.39, 0.29) is 41.4 Å². The van der Waals surface area contributed by atoms with Crippen LogP contribution in [0.25, 0.3) is 11.1 Å². The summed E-state index contributed by atoms with van der Waals surface area (Å²) in [5, 5.41) is 3.01. The molecule has 0 saturated carbocycles. The van der Waals surface area contributed by atoms with Gasteiger partial charge in [-0.15, -0.1) is 11.8 Å². The summed E-state index contributed by atoms with van der Waals surface area (Å²) < 4.78 is 19.0. The second-order valence-corrected chi connectivity index (χ2v) is 10.7. The van der Waals surface area contributed by atoms with E-state index < -0.39 is 5.82 Å². The number of anilines is 1. The number of ketones is 1. The lowest BCUT2D eigenvalue weighted by Crippen LogP contribution is -2.12. The number of halogens is 1. The van der Waals surface area contributed by atoms with Crippen molar-refractivity contribution in [3.63, 3.8) is 0 Å². The first-order valence-electron chi connectivity index (χ1n) is 12.7. The Bertz CT molecular complexity index is 1580. The van der Waals surface area contributed by atoms with Crippen LogP contribution in [0.5, 0.6) is 0 Å². The van der Waals surface area contributed by atoms with Gasteiger partial charge < -0.3 is 15.8 Å². The van der Waals surface area contributed by atoms with E-state index in [1.807, 2.05) is 30.3 Å². The molecule has 1 atom stereocenters. The molecule has 5 rings (SSSR count). The molecule has 7 nitrogen and oxygen atoms in total. The Hall–Kier alpha value is -4.34. The second kappa shape index (κ2) is 12.2. The number of Topliss-reactive ketones (excluding diaryl/α,β-unsaturated/α-hetero) is 1. The maximum atomic E-state index is 14.0. The molecule has 4 aromatic rings. The number of cyclic esters (lactones) is 1. The number of nitrogens with two attached hydrogens (primary N) is 1. The largest absolute Gasteiger partial charge is 0.464 e. The maximum Gasteiger partial charge on any atom is 0.307 e. The highest BCUT2D eigenvalue weighted by atomic mass is 32.2. The van der Waals surface area contributed by atoms with Crippen LogP contribution in [0.15, 0.2) is 90.1 Å². The number of carbonyl (C=O) groups excluding carboxylic acids is 3. The van der Waals surface area contributed by atoms with Crippen LogP contribution in [0.4, 0.5) is 10.1 Å². The minimum atomic E-state index is -0.526. The van der Waals surface area contributed by atoms with E-state index in [0.29, 0.717) is 29.8 Å². The molecule has 0 spiro atoms. The number of aromatic nitrogens is 1. The standard InChI is InChI=1S/C31H26FN3O4S/c32-28-17-34-11-10-20(28)14-29(36)21-4-5-23(16-33)27(13-21)19-2-1-3-22(12-19)31(38)35-24-6-8-25(9-7-24)40-26-15-30(37)39-18-26/h1-13,17,26H,14-16,18,33H2,(H,35,38). The summed E-state index contributed by atoms with van der Waals surface area (Å²) in [5.74, 6) is -1.23. The van der Waals surface area contributed by atoms with Gasteiger partial charge >= 0.3 is 5.97 Å². The fourth-order valence-electron chi connectivity index (χ4n) is 4.42. The number of amides is 1. The molecule has 1 aliphatic rings. The van der Waals surface area contributed by atoms with Crippen LogP contribution in [0, 0.1) is 5.82 Å². The third-order valence-electron chi connectivity index (χ3n) is 6.53. The van der Waals surface area contributed by atoms with Gasteiger partial charge in [0.25, 0.3) is 5.91 Å². The Morgan fingerprint density at radius 1 is 1.02 bits per heavy atom. The van der Waals surface area contributed by atoms with Gasteiger partial charge in [-0.05, 0) is 70.8 Å². The lowest BCUT2D eigenvalue weighted by Gasteiger charge is -2.13. The number of nitrogens with zero attached hydrogens (tertiary/aromatic N) is 1. The van der Waals surface area contributed by atoms with E-state index in [1.54, 1.807) is 48.2 Å². The third-order valence-corrected chi connectivity index (χ3v) is 7.71. The van der Waals surface area contributed by atoms with Crippen LogP contribution < -0.4 is 11.1 Å². The molecule has 0 radical (unpaired) electrons. The highest BCUT2D eigenvalue weighted by molar-refractivity contribution is 8.00. The van der Waals surface area contributed by atoms with Gasteiger partial charge in [-0.1, -0.05) is 24.3 Å². The number of pyridine rings is 1. The molecule has 9 heteroatoms. The molecule has 1 fully saturated rings. The number of rotatable bonds is 9. The van der Waals surface area contributed by atoms with Gasteiger partial charge in [0.15, 0.2) is 5.78 Å². The molecule has 1 unspecified atom stereocenters. The first-order chi connectivity index (χ1) is 19.4. The highest BCUT2D eigenvalue weighted by Gasteiger charge is 2.24. The summed E-state index contributed by atoms with van der Waals surface area (Å²) >= 11 is 1.57. The van der Waals surface area contributed by atoms with Crippen LogP contribution >= 0.6 is 11.8 Å². The average molecular weight is 556 g/mol. The molecule has 1 saturated heterocycles. The number of hydrogen-bond acceptors (Lipinski definition) is 7. The molecule has 1 aliphatic heterocycles. The number of ether oxygens (including phenoxy) is 1. The fourth-order valence-corrected chi connectivity index (χ4v) is 5.46. The number of esters is 1. The fraction of sp³-hybridized carbons (Fsp3) is 0.161. The quantitative estimate of drug-likeness (QED) is 0.209. The highest BCUT2D eigenvalue weighted by Crippen LogP contribution is 2.30. The van der Waals surface area contributed by atoms with Crippen molar-refractivity contribution in [3.05, 3.63) is 113 Å². The summed E-state index contributed by atoms with van der Waals surface area (Å²) in [5.41, 5.74) is 10.0. The van der Waals surface area contributed by atoms with Crippen molar-refractivity contribution in [2.75, 3.05) is 11.9 Å². The Balaban J connectivity index is 1.31. The van der Waals surface area contributed by atoms with Gasteiger partial charge in [0.05, 0.1) is 17.9 Å². The van der Waals surface area contributed by atoms with E-state index in [1.165, 1.54) is 12.3 Å². The van der Waals surface area contributed by atoms with Crippen LogP contribution in [-0.4, -0.2) is 34.5 Å². The topological polar surface area (TPSA) is 111 Å². The van der Waals surface area contributed by atoms with Crippen molar-refractivity contribution >= 4 is 35.1 Å². The Kier molecular flexibility index (Phi) is 8.33. The van der Waals surface area contributed by atoms with Crippen LogP contribution in [0.3, 0.4) is 0 Å². The van der Waals surface area contributed by atoms with Crippen molar-refractivity contribution < 1.29 is 23.5 Å². The Morgan fingerprint density at radius 3 is 2.58 bits per heavy atom. The molecule has 2 heterocycles. The lowest BCUT2D eigenvalue weighted by atomic mass is 9.93. The molecule has 1 amide bonds. The van der Waals surface area contributed by atoms with Crippen molar-refractivity contribution in [3.8, 4) is 11.1 Å². The molecule has 40 heavy (non-hydrogen) atoms. The molecule has 1 aromatic heterocycles. The van der Waals surface area contributed by atoms with Gasteiger partial charge in [-0.25, -0.2) is 4.39 Å². The lowest BCUT2D eigenvalue weighted by molar-refractivity contribution is -0.137. The van der Waals surface area contributed by atoms with Gasteiger partial charge in [0, 0.05) is 40.9 Å². The zero-order chi connectivity index (χ0) is 28.1. The summed E-state index contributed by atoms with van der Waals surface area (Å²) in [6, 6.07) is 21.2. The molecule has 3 N–H and O–H groups in total. The van der Waals surface area contributed by atoms with Crippen LogP contribution in [0.2, 0.25) is 0 Å². The molecule has 202 valence electrons. The van der Waals surface area contributed by atoms with Gasteiger partial charge in [0.1, 0.15) is 12.4 Å².